The summed E-state index contributed by atoms with van der Waals surface area (Å²) in [5.74, 6) is 0.800. The number of rotatable bonds is 3. The fourth-order valence-corrected chi connectivity index (χ4v) is 3.69. The molecule has 116 valence electrons. The summed E-state index contributed by atoms with van der Waals surface area (Å²) in [5.41, 5.74) is 2.19. The van der Waals surface area contributed by atoms with Crippen molar-refractivity contribution >= 4 is 11.6 Å². The van der Waals surface area contributed by atoms with E-state index in [1.807, 2.05) is 18.2 Å². The molecule has 0 saturated heterocycles. The predicted octanol–water partition coefficient (Wildman–Crippen LogP) is 4.02. The minimum absolute atomic E-state index is 0.0518. The maximum Gasteiger partial charge on any atom is 0.253 e. The molecule has 1 aromatic rings. The minimum Gasteiger partial charge on any atom is -0.382 e. The van der Waals surface area contributed by atoms with Crippen LogP contribution in [0.5, 0.6) is 0 Å². The van der Waals surface area contributed by atoms with Gasteiger partial charge in [0.25, 0.3) is 5.91 Å². The van der Waals surface area contributed by atoms with E-state index in [-0.39, 0.29) is 5.91 Å². The maximum atomic E-state index is 12.0. The SMILES string of the molecule is CC1CC(Nc2cccc(C(=O)N(C)C)c2)CC(C)(C)C1. The van der Waals surface area contributed by atoms with Gasteiger partial charge in [-0.3, -0.25) is 4.79 Å². The first-order valence-corrected chi connectivity index (χ1v) is 7.85. The van der Waals surface area contributed by atoms with Crippen LogP contribution in [0.2, 0.25) is 0 Å². The number of benzene rings is 1. The van der Waals surface area contributed by atoms with Crippen molar-refractivity contribution in [3.63, 3.8) is 0 Å². The van der Waals surface area contributed by atoms with Crippen LogP contribution in [0.15, 0.2) is 24.3 Å². The Balaban J connectivity index is 2.09. The molecule has 3 heteroatoms. The largest absolute Gasteiger partial charge is 0.382 e. The molecule has 1 saturated carbocycles. The zero-order valence-corrected chi connectivity index (χ0v) is 13.9. The van der Waals surface area contributed by atoms with Crippen LogP contribution in [0.25, 0.3) is 0 Å². The van der Waals surface area contributed by atoms with E-state index >= 15 is 0 Å². The Morgan fingerprint density at radius 2 is 2.00 bits per heavy atom. The number of carbonyl (C=O) groups is 1. The van der Waals surface area contributed by atoms with Gasteiger partial charge in [0.05, 0.1) is 0 Å². The molecule has 2 rings (SSSR count). The van der Waals surface area contributed by atoms with Gasteiger partial charge in [0.15, 0.2) is 0 Å². The third-order valence-corrected chi connectivity index (χ3v) is 4.27. The topological polar surface area (TPSA) is 32.3 Å². The van der Waals surface area contributed by atoms with Crippen LogP contribution in [0.4, 0.5) is 5.69 Å². The van der Waals surface area contributed by atoms with Gasteiger partial charge in [0, 0.05) is 31.4 Å². The van der Waals surface area contributed by atoms with E-state index < -0.39 is 0 Å². The Hall–Kier alpha value is -1.51. The fourth-order valence-electron chi connectivity index (χ4n) is 3.69. The average Bonchev–Trinajstić information content (AvgIpc) is 2.35. The number of nitrogens with one attached hydrogen (secondary N) is 1. The van der Waals surface area contributed by atoms with Crippen molar-refractivity contribution < 1.29 is 4.79 Å². The van der Waals surface area contributed by atoms with Crippen LogP contribution in [0.3, 0.4) is 0 Å². The lowest BCUT2D eigenvalue weighted by Gasteiger charge is -2.39. The number of amides is 1. The van der Waals surface area contributed by atoms with Crippen LogP contribution in [-0.2, 0) is 0 Å². The van der Waals surface area contributed by atoms with Gasteiger partial charge in [0.1, 0.15) is 0 Å². The third-order valence-electron chi connectivity index (χ3n) is 4.27. The Labute approximate surface area is 128 Å². The molecule has 3 nitrogen and oxygen atoms in total. The molecule has 21 heavy (non-hydrogen) atoms. The summed E-state index contributed by atoms with van der Waals surface area (Å²) in [6.45, 7) is 7.04. The van der Waals surface area contributed by atoms with Crippen LogP contribution in [-0.4, -0.2) is 30.9 Å². The Morgan fingerprint density at radius 1 is 1.29 bits per heavy atom. The van der Waals surface area contributed by atoms with Crippen molar-refractivity contribution in [3.05, 3.63) is 29.8 Å². The lowest BCUT2D eigenvalue weighted by atomic mass is 9.70. The first kappa shape index (κ1) is 15.9. The molecule has 0 radical (unpaired) electrons. The summed E-state index contributed by atoms with van der Waals surface area (Å²) >= 11 is 0. The molecule has 1 fully saturated rings. The molecule has 1 N–H and O–H groups in total. The van der Waals surface area contributed by atoms with Crippen molar-refractivity contribution in [3.8, 4) is 0 Å². The standard InChI is InChI=1S/C18H28N2O/c1-13-9-16(12-18(2,3)11-13)19-15-8-6-7-14(10-15)17(21)20(4)5/h6-8,10,13,16,19H,9,11-12H2,1-5H3. The number of carbonyl (C=O) groups excluding carboxylic acids is 1. The Bertz CT molecular complexity index is 508. The summed E-state index contributed by atoms with van der Waals surface area (Å²) in [6.07, 6.45) is 3.68. The number of anilines is 1. The van der Waals surface area contributed by atoms with E-state index in [1.54, 1.807) is 19.0 Å². The lowest BCUT2D eigenvalue weighted by molar-refractivity contribution is 0.0827. The van der Waals surface area contributed by atoms with Gasteiger partial charge >= 0.3 is 0 Å². The second-order valence-corrected chi connectivity index (χ2v) is 7.53. The quantitative estimate of drug-likeness (QED) is 0.911. The van der Waals surface area contributed by atoms with Gasteiger partial charge in [-0.2, -0.15) is 0 Å². The zero-order chi connectivity index (χ0) is 15.6. The monoisotopic (exact) mass is 288 g/mol. The molecule has 0 bridgehead atoms. The molecular formula is C18H28N2O. The molecule has 0 heterocycles. The summed E-state index contributed by atoms with van der Waals surface area (Å²) in [4.78, 5) is 13.7. The summed E-state index contributed by atoms with van der Waals surface area (Å²) in [5, 5.41) is 3.63. The summed E-state index contributed by atoms with van der Waals surface area (Å²) in [6, 6.07) is 8.35. The lowest BCUT2D eigenvalue weighted by Crippen LogP contribution is -2.35. The van der Waals surface area contributed by atoms with E-state index in [2.05, 4.69) is 32.2 Å². The van der Waals surface area contributed by atoms with Crippen molar-refractivity contribution in [1.82, 2.24) is 4.90 Å². The van der Waals surface area contributed by atoms with Crippen LogP contribution in [0, 0.1) is 11.3 Å². The van der Waals surface area contributed by atoms with Gasteiger partial charge < -0.3 is 10.2 Å². The van der Waals surface area contributed by atoms with Crippen LogP contribution in [0.1, 0.15) is 50.4 Å². The number of hydrogen-bond acceptors (Lipinski definition) is 2. The fraction of sp³-hybridized carbons (Fsp3) is 0.611. The Kier molecular flexibility index (Phi) is 4.60. The predicted molar refractivity (Wildman–Crippen MR) is 88.7 cm³/mol. The average molecular weight is 288 g/mol. The van der Waals surface area contributed by atoms with Gasteiger partial charge in [-0.25, -0.2) is 0 Å². The van der Waals surface area contributed by atoms with E-state index in [1.165, 1.54) is 19.3 Å². The molecule has 0 spiro atoms. The van der Waals surface area contributed by atoms with E-state index in [0.717, 1.165) is 17.2 Å². The van der Waals surface area contributed by atoms with Crippen molar-refractivity contribution in [2.75, 3.05) is 19.4 Å². The highest BCUT2D eigenvalue weighted by atomic mass is 16.2. The zero-order valence-electron chi connectivity index (χ0n) is 13.9. The van der Waals surface area contributed by atoms with E-state index in [4.69, 9.17) is 0 Å². The molecule has 2 unspecified atom stereocenters. The van der Waals surface area contributed by atoms with Crippen molar-refractivity contribution in [2.24, 2.45) is 11.3 Å². The van der Waals surface area contributed by atoms with Crippen molar-refractivity contribution in [1.29, 1.82) is 0 Å². The second-order valence-electron chi connectivity index (χ2n) is 7.53. The normalized spacial score (nSPS) is 24.4. The number of nitrogens with zero attached hydrogens (tertiary/aromatic N) is 1. The first-order valence-electron chi connectivity index (χ1n) is 7.85. The molecule has 1 aliphatic carbocycles. The second kappa shape index (κ2) is 6.08. The van der Waals surface area contributed by atoms with Crippen LogP contribution < -0.4 is 5.32 Å². The Morgan fingerprint density at radius 3 is 2.62 bits per heavy atom. The van der Waals surface area contributed by atoms with Gasteiger partial charge in [-0.05, 0) is 48.8 Å². The molecule has 0 aromatic heterocycles. The molecular weight excluding hydrogens is 260 g/mol. The highest BCUT2D eigenvalue weighted by Gasteiger charge is 2.31. The number of hydrogen-bond donors (Lipinski definition) is 1. The minimum atomic E-state index is 0.0518. The highest BCUT2D eigenvalue weighted by Crippen LogP contribution is 2.39. The molecule has 1 aromatic carbocycles. The molecule has 1 amide bonds. The summed E-state index contributed by atoms with van der Waals surface area (Å²) in [7, 11) is 3.57. The van der Waals surface area contributed by atoms with Gasteiger partial charge in [-0.1, -0.05) is 26.8 Å². The first-order chi connectivity index (χ1) is 9.77. The van der Waals surface area contributed by atoms with Gasteiger partial charge in [-0.15, -0.1) is 0 Å². The van der Waals surface area contributed by atoms with E-state index in [0.29, 0.717) is 11.5 Å². The smallest absolute Gasteiger partial charge is 0.253 e. The maximum absolute atomic E-state index is 12.0. The van der Waals surface area contributed by atoms with Crippen LogP contribution >= 0.6 is 0 Å². The molecule has 0 aliphatic heterocycles. The summed E-state index contributed by atoms with van der Waals surface area (Å²) < 4.78 is 0. The van der Waals surface area contributed by atoms with E-state index in [9.17, 15) is 4.79 Å². The molecule has 1 aliphatic rings. The molecule has 2 atom stereocenters. The van der Waals surface area contributed by atoms with Crippen molar-refractivity contribution in [2.45, 2.75) is 46.1 Å². The van der Waals surface area contributed by atoms with Gasteiger partial charge in [0.2, 0.25) is 0 Å². The highest BCUT2D eigenvalue weighted by molar-refractivity contribution is 5.94. The third kappa shape index (κ3) is 4.23.